The molecule has 0 heterocycles. The second-order valence-electron chi connectivity index (χ2n) is 7.06. The van der Waals surface area contributed by atoms with Gasteiger partial charge in [0.25, 0.3) is 5.69 Å². The van der Waals surface area contributed by atoms with Crippen LogP contribution in [0.2, 0.25) is 0 Å². The summed E-state index contributed by atoms with van der Waals surface area (Å²) in [4.78, 5) is 20.9. The van der Waals surface area contributed by atoms with Crippen molar-refractivity contribution in [2.75, 3.05) is 5.43 Å². The quantitative estimate of drug-likeness (QED) is 0.420. The van der Waals surface area contributed by atoms with Crippen molar-refractivity contribution in [1.29, 1.82) is 0 Å². The van der Waals surface area contributed by atoms with E-state index >= 15 is 0 Å². The predicted octanol–water partition coefficient (Wildman–Crippen LogP) is 5.54. The SMILES string of the molecule is O=[N+]([O-])c1ccc(N/N=C2/C=C(c3ccccc3)[C@H](c3ccccc3)C2)c([N+](=O)[O-])c1. The molecule has 3 aromatic carbocycles. The lowest BCUT2D eigenvalue weighted by Crippen LogP contribution is -2.02. The first-order valence-corrected chi connectivity index (χ1v) is 9.60. The van der Waals surface area contributed by atoms with E-state index in [1.807, 2.05) is 54.6 Å². The summed E-state index contributed by atoms with van der Waals surface area (Å²) in [5, 5.41) is 26.7. The van der Waals surface area contributed by atoms with Crippen LogP contribution in [0.4, 0.5) is 17.1 Å². The second kappa shape index (κ2) is 8.58. The molecule has 1 aliphatic rings. The first-order valence-electron chi connectivity index (χ1n) is 9.60. The summed E-state index contributed by atoms with van der Waals surface area (Å²) in [7, 11) is 0. The van der Waals surface area contributed by atoms with Gasteiger partial charge in [-0.1, -0.05) is 60.7 Å². The van der Waals surface area contributed by atoms with Gasteiger partial charge in [-0.25, -0.2) is 0 Å². The van der Waals surface area contributed by atoms with E-state index in [1.54, 1.807) is 0 Å². The molecule has 3 aromatic rings. The number of anilines is 1. The Bertz CT molecular complexity index is 1190. The van der Waals surface area contributed by atoms with Gasteiger partial charge in [-0.2, -0.15) is 5.10 Å². The first kappa shape index (κ1) is 20.0. The number of benzene rings is 3. The zero-order valence-electron chi connectivity index (χ0n) is 16.3. The Balaban J connectivity index is 1.66. The lowest BCUT2D eigenvalue weighted by Gasteiger charge is -2.15. The van der Waals surface area contributed by atoms with Gasteiger partial charge in [0.15, 0.2) is 0 Å². The molecule has 0 aliphatic heterocycles. The number of hydrogen-bond donors (Lipinski definition) is 1. The summed E-state index contributed by atoms with van der Waals surface area (Å²) in [6.45, 7) is 0. The van der Waals surface area contributed by atoms with Crippen LogP contribution >= 0.6 is 0 Å². The molecule has 0 fully saturated rings. The monoisotopic (exact) mass is 414 g/mol. The highest BCUT2D eigenvalue weighted by molar-refractivity contribution is 6.08. The van der Waals surface area contributed by atoms with Crippen LogP contribution < -0.4 is 5.43 Å². The topological polar surface area (TPSA) is 111 Å². The number of hydrogen-bond acceptors (Lipinski definition) is 6. The van der Waals surface area contributed by atoms with Gasteiger partial charge in [0.05, 0.1) is 21.6 Å². The highest BCUT2D eigenvalue weighted by atomic mass is 16.6. The smallest absolute Gasteiger partial charge is 0.271 e. The van der Waals surface area contributed by atoms with Gasteiger partial charge >= 0.3 is 5.69 Å². The zero-order chi connectivity index (χ0) is 21.8. The van der Waals surface area contributed by atoms with Gasteiger partial charge in [-0.3, -0.25) is 25.7 Å². The van der Waals surface area contributed by atoms with Crippen molar-refractivity contribution in [2.45, 2.75) is 12.3 Å². The molecule has 0 radical (unpaired) electrons. The Morgan fingerprint density at radius 3 is 2.19 bits per heavy atom. The van der Waals surface area contributed by atoms with E-state index in [4.69, 9.17) is 0 Å². The molecule has 154 valence electrons. The van der Waals surface area contributed by atoms with Crippen LogP contribution in [-0.4, -0.2) is 15.6 Å². The normalized spacial score (nSPS) is 16.7. The third-order valence-electron chi connectivity index (χ3n) is 5.13. The van der Waals surface area contributed by atoms with E-state index < -0.39 is 15.5 Å². The highest BCUT2D eigenvalue weighted by Gasteiger charge is 2.26. The molecule has 8 nitrogen and oxygen atoms in total. The van der Waals surface area contributed by atoms with Gasteiger partial charge < -0.3 is 0 Å². The van der Waals surface area contributed by atoms with Gasteiger partial charge in [0, 0.05) is 18.4 Å². The van der Waals surface area contributed by atoms with Gasteiger partial charge in [0.1, 0.15) is 5.69 Å². The van der Waals surface area contributed by atoms with Gasteiger partial charge in [-0.05, 0) is 28.8 Å². The second-order valence-corrected chi connectivity index (χ2v) is 7.06. The number of nitro groups is 2. The maximum atomic E-state index is 11.3. The minimum atomic E-state index is -0.668. The summed E-state index contributed by atoms with van der Waals surface area (Å²) in [5.74, 6) is 0.107. The summed E-state index contributed by atoms with van der Waals surface area (Å²) in [5.41, 5.74) is 6.17. The Kier molecular flexibility index (Phi) is 5.53. The maximum absolute atomic E-state index is 11.3. The standard InChI is InChI=1S/C23H18N4O4/c28-26(29)19-11-12-22(23(15-19)27(30)31)25-24-18-13-20(16-7-3-1-4-8-16)21(14-18)17-9-5-2-6-10-17/h1-13,15,21,25H,14H2/b24-18-/t21-/m0/s1. The number of nitrogens with one attached hydrogen (secondary N) is 1. The zero-order valence-corrected chi connectivity index (χ0v) is 16.3. The van der Waals surface area contributed by atoms with Crippen LogP contribution in [0.25, 0.3) is 5.57 Å². The lowest BCUT2D eigenvalue weighted by molar-refractivity contribution is -0.393. The third kappa shape index (κ3) is 4.32. The molecule has 0 saturated heterocycles. The van der Waals surface area contributed by atoms with Crippen LogP contribution in [0.5, 0.6) is 0 Å². The molecular weight excluding hydrogens is 396 g/mol. The molecule has 1 atom stereocenters. The van der Waals surface area contributed by atoms with Crippen molar-refractivity contribution in [2.24, 2.45) is 5.10 Å². The molecule has 0 unspecified atom stereocenters. The largest absolute Gasteiger partial charge is 0.301 e. The van der Waals surface area contributed by atoms with E-state index in [2.05, 4.69) is 22.7 Å². The summed E-state index contributed by atoms with van der Waals surface area (Å²) in [6.07, 6.45) is 2.61. The van der Waals surface area contributed by atoms with Crippen LogP contribution in [-0.2, 0) is 0 Å². The average molecular weight is 414 g/mol. The molecule has 0 saturated carbocycles. The van der Waals surface area contributed by atoms with Gasteiger partial charge in [-0.15, -0.1) is 0 Å². The van der Waals surface area contributed by atoms with Crippen LogP contribution in [0, 0.1) is 20.2 Å². The third-order valence-corrected chi connectivity index (χ3v) is 5.13. The summed E-state index contributed by atoms with van der Waals surface area (Å²) < 4.78 is 0. The van der Waals surface area contributed by atoms with Crippen molar-refractivity contribution in [1.82, 2.24) is 0 Å². The molecule has 0 spiro atoms. The average Bonchev–Trinajstić information content (AvgIpc) is 3.23. The highest BCUT2D eigenvalue weighted by Crippen LogP contribution is 2.40. The lowest BCUT2D eigenvalue weighted by atomic mass is 9.88. The number of allylic oxidation sites excluding steroid dienone is 2. The van der Waals surface area contributed by atoms with Crippen molar-refractivity contribution < 1.29 is 9.85 Å². The molecule has 1 N–H and O–H groups in total. The predicted molar refractivity (Wildman–Crippen MR) is 119 cm³/mol. The van der Waals surface area contributed by atoms with Crippen molar-refractivity contribution >= 4 is 28.3 Å². The Hall–Kier alpha value is -4.33. The maximum Gasteiger partial charge on any atom is 0.301 e. The van der Waals surface area contributed by atoms with Crippen molar-refractivity contribution in [3.05, 3.63) is 116 Å². The first-order chi connectivity index (χ1) is 15.0. The van der Waals surface area contributed by atoms with Crippen molar-refractivity contribution in [3.63, 3.8) is 0 Å². The summed E-state index contributed by atoms with van der Waals surface area (Å²) >= 11 is 0. The van der Waals surface area contributed by atoms with E-state index in [0.29, 0.717) is 6.42 Å². The number of nitro benzene ring substituents is 2. The fourth-order valence-corrected chi connectivity index (χ4v) is 3.65. The molecule has 4 rings (SSSR count). The minimum Gasteiger partial charge on any atom is -0.271 e. The molecule has 0 bridgehead atoms. The Labute approximate surface area is 177 Å². The molecule has 31 heavy (non-hydrogen) atoms. The Morgan fingerprint density at radius 1 is 0.871 bits per heavy atom. The molecule has 8 heteroatoms. The molecular formula is C23H18N4O4. The van der Waals surface area contributed by atoms with E-state index in [9.17, 15) is 20.2 Å². The number of rotatable bonds is 6. The van der Waals surface area contributed by atoms with Crippen LogP contribution in [0.15, 0.2) is 90.0 Å². The molecule has 1 aliphatic carbocycles. The number of non-ortho nitro benzene ring substituents is 1. The number of nitrogens with zero attached hydrogens (tertiary/aromatic N) is 3. The van der Waals surface area contributed by atoms with Crippen molar-refractivity contribution in [3.8, 4) is 0 Å². The minimum absolute atomic E-state index is 0.0981. The van der Waals surface area contributed by atoms with Crippen LogP contribution in [0.3, 0.4) is 0 Å². The fourth-order valence-electron chi connectivity index (χ4n) is 3.65. The van der Waals surface area contributed by atoms with E-state index in [0.717, 1.165) is 28.5 Å². The fraction of sp³-hybridized carbons (Fsp3) is 0.0870. The van der Waals surface area contributed by atoms with Crippen LogP contribution in [0.1, 0.15) is 23.5 Å². The Morgan fingerprint density at radius 2 is 1.55 bits per heavy atom. The summed E-state index contributed by atoms with van der Waals surface area (Å²) in [6, 6.07) is 23.5. The number of hydrazone groups is 1. The molecule has 0 amide bonds. The van der Waals surface area contributed by atoms with E-state index in [1.165, 1.54) is 12.1 Å². The van der Waals surface area contributed by atoms with Gasteiger partial charge in [0.2, 0.25) is 0 Å². The molecule has 0 aromatic heterocycles. The van der Waals surface area contributed by atoms with E-state index in [-0.39, 0.29) is 17.3 Å².